The summed E-state index contributed by atoms with van der Waals surface area (Å²) in [7, 11) is 0. The number of benzene rings is 1. The van der Waals surface area contributed by atoms with Crippen molar-refractivity contribution in [1.82, 2.24) is 9.38 Å². The van der Waals surface area contributed by atoms with Crippen molar-refractivity contribution in [2.45, 2.75) is 13.5 Å². The number of anilines is 1. The second-order valence-electron chi connectivity index (χ2n) is 4.54. The van der Waals surface area contributed by atoms with Crippen molar-refractivity contribution in [2.75, 3.05) is 5.32 Å². The fourth-order valence-electron chi connectivity index (χ4n) is 2.02. The lowest BCUT2D eigenvalue weighted by molar-refractivity contribution is 1.08. The van der Waals surface area contributed by atoms with Crippen molar-refractivity contribution >= 4 is 27.3 Å². The molecule has 19 heavy (non-hydrogen) atoms. The highest BCUT2D eigenvalue weighted by molar-refractivity contribution is 9.10. The van der Waals surface area contributed by atoms with E-state index in [0.717, 1.165) is 21.5 Å². The van der Waals surface area contributed by atoms with E-state index in [1.165, 1.54) is 5.56 Å². The molecule has 0 radical (unpaired) electrons. The molecule has 3 nitrogen and oxygen atoms in total. The molecule has 0 aliphatic carbocycles. The molecule has 0 spiro atoms. The summed E-state index contributed by atoms with van der Waals surface area (Å²) in [6.45, 7) is 2.79. The van der Waals surface area contributed by atoms with Gasteiger partial charge in [-0.1, -0.05) is 12.1 Å². The Bertz CT molecular complexity index is 685. The molecule has 1 aromatic carbocycles. The summed E-state index contributed by atoms with van der Waals surface area (Å²) < 4.78 is 3.11. The molecule has 0 aliphatic rings. The van der Waals surface area contributed by atoms with E-state index in [1.54, 1.807) is 0 Å². The van der Waals surface area contributed by atoms with Gasteiger partial charge in [-0.25, -0.2) is 4.98 Å². The number of nitrogens with zero attached hydrogens (tertiary/aromatic N) is 2. The van der Waals surface area contributed by atoms with Crippen molar-refractivity contribution in [2.24, 2.45) is 0 Å². The molecular formula is C15H14BrN3. The zero-order valence-corrected chi connectivity index (χ0v) is 12.2. The zero-order valence-electron chi connectivity index (χ0n) is 10.6. The van der Waals surface area contributed by atoms with Crippen LogP contribution in [-0.2, 0) is 6.54 Å². The Morgan fingerprint density at radius 3 is 2.95 bits per heavy atom. The highest BCUT2D eigenvalue weighted by atomic mass is 79.9. The van der Waals surface area contributed by atoms with Gasteiger partial charge in [0.25, 0.3) is 0 Å². The molecule has 2 heterocycles. The van der Waals surface area contributed by atoms with E-state index in [4.69, 9.17) is 0 Å². The Balaban J connectivity index is 1.78. The van der Waals surface area contributed by atoms with Crippen LogP contribution >= 0.6 is 15.9 Å². The Kier molecular flexibility index (Phi) is 3.25. The molecule has 0 atom stereocenters. The molecule has 1 N–H and O–H groups in total. The third kappa shape index (κ3) is 2.63. The first kappa shape index (κ1) is 12.2. The van der Waals surface area contributed by atoms with Gasteiger partial charge in [-0.05, 0) is 52.7 Å². The molecule has 0 amide bonds. The van der Waals surface area contributed by atoms with Gasteiger partial charge < -0.3 is 9.72 Å². The van der Waals surface area contributed by atoms with Crippen molar-refractivity contribution in [1.29, 1.82) is 0 Å². The highest BCUT2D eigenvalue weighted by Gasteiger charge is 2.03. The Morgan fingerprint density at radius 1 is 1.26 bits per heavy atom. The third-order valence-electron chi connectivity index (χ3n) is 3.00. The van der Waals surface area contributed by atoms with Gasteiger partial charge in [-0.15, -0.1) is 0 Å². The van der Waals surface area contributed by atoms with Crippen LogP contribution in [0.3, 0.4) is 0 Å². The summed E-state index contributed by atoms with van der Waals surface area (Å²) in [6.07, 6.45) is 4.05. The van der Waals surface area contributed by atoms with Crippen LogP contribution in [0.1, 0.15) is 11.3 Å². The second-order valence-corrected chi connectivity index (χ2v) is 5.39. The minimum atomic E-state index is 0.712. The fourth-order valence-corrected chi connectivity index (χ4v) is 2.66. The quantitative estimate of drug-likeness (QED) is 0.791. The minimum absolute atomic E-state index is 0.712. The maximum absolute atomic E-state index is 4.56. The third-order valence-corrected chi connectivity index (χ3v) is 3.65. The monoisotopic (exact) mass is 315 g/mol. The maximum Gasteiger partial charge on any atom is 0.137 e. The molecule has 0 saturated carbocycles. The maximum atomic E-state index is 4.56. The van der Waals surface area contributed by atoms with Crippen LogP contribution in [0.15, 0.2) is 53.3 Å². The van der Waals surface area contributed by atoms with Crippen molar-refractivity contribution < 1.29 is 0 Å². The van der Waals surface area contributed by atoms with Gasteiger partial charge in [0.15, 0.2) is 0 Å². The fraction of sp³-hybridized carbons (Fsp3) is 0.133. The van der Waals surface area contributed by atoms with Crippen molar-refractivity contribution in [3.05, 3.63) is 64.5 Å². The van der Waals surface area contributed by atoms with Crippen LogP contribution in [0.4, 0.5) is 5.69 Å². The largest absolute Gasteiger partial charge is 0.378 e. The summed E-state index contributed by atoms with van der Waals surface area (Å²) >= 11 is 3.57. The molecule has 96 valence electrons. The van der Waals surface area contributed by atoms with Gasteiger partial charge in [-0.2, -0.15) is 0 Å². The lowest BCUT2D eigenvalue weighted by atomic mass is 10.2. The second kappa shape index (κ2) is 5.05. The molecule has 3 aromatic rings. The van der Waals surface area contributed by atoms with Gasteiger partial charge in [0.2, 0.25) is 0 Å². The molecule has 2 aromatic heterocycles. The number of aromatic nitrogens is 2. The first-order valence-corrected chi connectivity index (χ1v) is 6.94. The van der Waals surface area contributed by atoms with Gasteiger partial charge in [0.1, 0.15) is 5.65 Å². The molecule has 0 bridgehead atoms. The molecule has 3 rings (SSSR count). The predicted molar refractivity (Wildman–Crippen MR) is 81.4 cm³/mol. The molecule has 0 unspecified atom stereocenters. The molecular weight excluding hydrogens is 302 g/mol. The van der Waals surface area contributed by atoms with Gasteiger partial charge in [-0.3, -0.25) is 0 Å². The molecule has 4 heteroatoms. The molecule has 0 fully saturated rings. The number of imidazole rings is 1. The summed E-state index contributed by atoms with van der Waals surface area (Å²) in [4.78, 5) is 4.56. The lowest BCUT2D eigenvalue weighted by Crippen LogP contribution is -2.00. The van der Waals surface area contributed by atoms with Crippen molar-refractivity contribution in [3.8, 4) is 0 Å². The first-order valence-electron chi connectivity index (χ1n) is 6.15. The van der Waals surface area contributed by atoms with E-state index in [1.807, 2.05) is 35.0 Å². The van der Waals surface area contributed by atoms with Crippen molar-refractivity contribution in [3.63, 3.8) is 0 Å². The predicted octanol–water partition coefficient (Wildman–Crippen LogP) is 4.02. The Hall–Kier alpha value is -1.81. The SMILES string of the molecule is Cc1ccc(NCc2cn3ccccc3n2)c(Br)c1. The average Bonchev–Trinajstić information content (AvgIpc) is 2.80. The van der Waals surface area contributed by atoms with E-state index in [0.29, 0.717) is 6.54 Å². The van der Waals surface area contributed by atoms with Crippen LogP contribution in [0, 0.1) is 6.92 Å². The van der Waals surface area contributed by atoms with E-state index in [-0.39, 0.29) is 0 Å². The van der Waals surface area contributed by atoms with Crippen LogP contribution < -0.4 is 5.32 Å². The molecule has 0 saturated heterocycles. The standard InChI is InChI=1S/C15H14BrN3/c1-11-5-6-14(13(16)8-11)17-9-12-10-19-7-3-2-4-15(19)18-12/h2-8,10,17H,9H2,1H3. The number of nitrogens with one attached hydrogen (secondary N) is 1. The summed E-state index contributed by atoms with van der Waals surface area (Å²) in [5.74, 6) is 0. The smallest absolute Gasteiger partial charge is 0.137 e. The molecule has 0 aliphatic heterocycles. The Morgan fingerprint density at radius 2 is 2.16 bits per heavy atom. The van der Waals surface area contributed by atoms with Gasteiger partial charge in [0, 0.05) is 22.6 Å². The number of halogens is 1. The number of hydrogen-bond acceptors (Lipinski definition) is 2. The number of hydrogen-bond donors (Lipinski definition) is 1. The average molecular weight is 316 g/mol. The van der Waals surface area contributed by atoms with E-state index < -0.39 is 0 Å². The number of rotatable bonds is 3. The Labute approximate surface area is 120 Å². The summed E-state index contributed by atoms with van der Waals surface area (Å²) in [5, 5.41) is 3.39. The van der Waals surface area contributed by atoms with E-state index in [2.05, 4.69) is 51.4 Å². The van der Waals surface area contributed by atoms with Crippen LogP contribution in [0.5, 0.6) is 0 Å². The van der Waals surface area contributed by atoms with Gasteiger partial charge >= 0.3 is 0 Å². The van der Waals surface area contributed by atoms with E-state index in [9.17, 15) is 0 Å². The first-order chi connectivity index (χ1) is 9.22. The normalized spacial score (nSPS) is 10.8. The van der Waals surface area contributed by atoms with Crippen LogP contribution in [0.25, 0.3) is 5.65 Å². The number of aryl methyl sites for hydroxylation is 1. The summed E-state index contributed by atoms with van der Waals surface area (Å²) in [6, 6.07) is 12.3. The van der Waals surface area contributed by atoms with Crippen LogP contribution in [-0.4, -0.2) is 9.38 Å². The summed E-state index contributed by atoms with van der Waals surface area (Å²) in [5.41, 5.74) is 4.33. The minimum Gasteiger partial charge on any atom is -0.378 e. The number of fused-ring (bicyclic) bond motifs is 1. The lowest BCUT2D eigenvalue weighted by Gasteiger charge is -2.07. The number of pyridine rings is 1. The van der Waals surface area contributed by atoms with Gasteiger partial charge in [0.05, 0.1) is 12.2 Å². The highest BCUT2D eigenvalue weighted by Crippen LogP contribution is 2.23. The zero-order chi connectivity index (χ0) is 13.2. The van der Waals surface area contributed by atoms with E-state index >= 15 is 0 Å². The topological polar surface area (TPSA) is 29.3 Å². The van der Waals surface area contributed by atoms with Crippen LogP contribution in [0.2, 0.25) is 0 Å².